The number of amides is 1. The van der Waals surface area contributed by atoms with Crippen LogP contribution in [0.3, 0.4) is 0 Å². The van der Waals surface area contributed by atoms with E-state index in [-0.39, 0.29) is 10.8 Å². The third-order valence-corrected chi connectivity index (χ3v) is 8.50. The first-order valence-electron chi connectivity index (χ1n) is 11.8. The summed E-state index contributed by atoms with van der Waals surface area (Å²) in [5.41, 5.74) is 4.01. The second-order valence-corrected chi connectivity index (χ2v) is 11.1. The van der Waals surface area contributed by atoms with Crippen LogP contribution in [0.5, 0.6) is 5.75 Å². The molecule has 1 aliphatic carbocycles. The van der Waals surface area contributed by atoms with Gasteiger partial charge in [0.15, 0.2) is 0 Å². The van der Waals surface area contributed by atoms with Crippen LogP contribution in [0.2, 0.25) is 0 Å². The van der Waals surface area contributed by atoms with Gasteiger partial charge < -0.3 is 4.74 Å². The Bertz CT molecular complexity index is 1610. The zero-order valence-electron chi connectivity index (χ0n) is 20.7. The number of fused-ring (bicyclic) bond motifs is 1. The molecule has 0 bridgehead atoms. The number of methoxy groups -OCH3 is 1. The van der Waals surface area contributed by atoms with Crippen molar-refractivity contribution in [2.24, 2.45) is 0 Å². The lowest BCUT2D eigenvalue weighted by molar-refractivity contribution is -0.122. The lowest BCUT2D eigenvalue weighted by atomic mass is 9.87. The fraction of sp³-hybridized carbons (Fsp3) is 0.241. The fourth-order valence-electron chi connectivity index (χ4n) is 5.19. The standard InChI is InChI=1S/C29H28N2O4S/c1-18-12-15-26(35-4)23(16-18)29(17-24(29)21-9-6-5-8-19(21)2)28(32)31-36(33,34)27-11-7-10-25-22(27)14-13-20(3)30-25/h5-16,24H,17H2,1-4H3,(H,31,32)/t24-,29-/m1/s1. The van der Waals surface area contributed by atoms with Gasteiger partial charge in [-0.15, -0.1) is 0 Å². The van der Waals surface area contributed by atoms with Gasteiger partial charge in [0.25, 0.3) is 10.0 Å². The summed E-state index contributed by atoms with van der Waals surface area (Å²) in [5, 5.41) is 0.469. The van der Waals surface area contributed by atoms with Crippen molar-refractivity contribution in [2.45, 2.75) is 43.4 Å². The first-order chi connectivity index (χ1) is 17.2. The Labute approximate surface area is 211 Å². The van der Waals surface area contributed by atoms with Crippen LogP contribution in [0.15, 0.2) is 77.7 Å². The molecule has 1 aliphatic rings. The molecular formula is C29H28N2O4S. The van der Waals surface area contributed by atoms with Crippen LogP contribution in [-0.4, -0.2) is 26.4 Å². The number of nitrogens with zero attached hydrogens (tertiary/aromatic N) is 1. The van der Waals surface area contributed by atoms with E-state index in [0.717, 1.165) is 22.4 Å². The van der Waals surface area contributed by atoms with Gasteiger partial charge in [-0.25, -0.2) is 13.1 Å². The zero-order chi connectivity index (χ0) is 25.7. The Hall–Kier alpha value is -3.71. The van der Waals surface area contributed by atoms with Gasteiger partial charge in [-0.3, -0.25) is 9.78 Å². The Morgan fingerprint density at radius 3 is 2.53 bits per heavy atom. The Balaban J connectivity index is 1.61. The van der Waals surface area contributed by atoms with Crippen LogP contribution in [0.1, 0.15) is 40.3 Å². The molecule has 0 unspecified atom stereocenters. The van der Waals surface area contributed by atoms with E-state index in [1.165, 1.54) is 6.07 Å². The summed E-state index contributed by atoms with van der Waals surface area (Å²) >= 11 is 0. The molecule has 0 spiro atoms. The number of aryl methyl sites for hydroxylation is 3. The second-order valence-electron chi connectivity index (χ2n) is 9.50. The van der Waals surface area contributed by atoms with Crippen molar-refractivity contribution in [3.8, 4) is 5.75 Å². The lowest BCUT2D eigenvalue weighted by Crippen LogP contribution is -2.40. The number of carbonyl (C=O) groups is 1. The average Bonchev–Trinajstić information content (AvgIpc) is 3.60. The predicted octanol–water partition coefficient (Wildman–Crippen LogP) is 5.10. The van der Waals surface area contributed by atoms with Gasteiger partial charge in [-0.1, -0.05) is 48.0 Å². The van der Waals surface area contributed by atoms with Crippen LogP contribution in [0.25, 0.3) is 10.9 Å². The summed E-state index contributed by atoms with van der Waals surface area (Å²) in [4.78, 5) is 18.5. The highest BCUT2D eigenvalue weighted by Crippen LogP contribution is 2.63. The maximum atomic E-state index is 14.0. The summed E-state index contributed by atoms with van der Waals surface area (Å²) in [6, 6.07) is 22.0. The molecule has 36 heavy (non-hydrogen) atoms. The second kappa shape index (κ2) is 8.75. The molecule has 1 heterocycles. The summed E-state index contributed by atoms with van der Waals surface area (Å²) < 4.78 is 35.2. The van der Waals surface area contributed by atoms with Gasteiger partial charge in [0.05, 0.1) is 22.9 Å². The van der Waals surface area contributed by atoms with Crippen molar-refractivity contribution in [3.05, 3.63) is 101 Å². The highest BCUT2D eigenvalue weighted by Gasteiger charge is 2.63. The number of nitrogens with one attached hydrogen (secondary N) is 1. The maximum absolute atomic E-state index is 14.0. The molecule has 5 rings (SSSR count). The van der Waals surface area contributed by atoms with E-state index in [9.17, 15) is 13.2 Å². The molecule has 2 atom stereocenters. The molecule has 1 fully saturated rings. The number of pyridine rings is 1. The van der Waals surface area contributed by atoms with Crippen LogP contribution in [0.4, 0.5) is 0 Å². The summed E-state index contributed by atoms with van der Waals surface area (Å²) in [6.45, 7) is 5.80. The predicted molar refractivity (Wildman–Crippen MR) is 140 cm³/mol. The van der Waals surface area contributed by atoms with E-state index < -0.39 is 21.3 Å². The molecule has 7 heteroatoms. The number of aromatic nitrogens is 1. The van der Waals surface area contributed by atoms with E-state index in [2.05, 4.69) is 9.71 Å². The topological polar surface area (TPSA) is 85.4 Å². The van der Waals surface area contributed by atoms with Crippen molar-refractivity contribution in [1.29, 1.82) is 0 Å². The van der Waals surface area contributed by atoms with Gasteiger partial charge in [0, 0.05) is 22.6 Å². The van der Waals surface area contributed by atoms with E-state index in [0.29, 0.717) is 28.6 Å². The smallest absolute Gasteiger partial charge is 0.264 e. The normalized spacial score (nSPS) is 19.2. The van der Waals surface area contributed by atoms with Crippen molar-refractivity contribution in [1.82, 2.24) is 9.71 Å². The highest BCUT2D eigenvalue weighted by molar-refractivity contribution is 7.90. The number of rotatable bonds is 6. The molecule has 4 aromatic rings. The van der Waals surface area contributed by atoms with Gasteiger partial charge in [0.2, 0.25) is 5.91 Å². The molecule has 3 aromatic carbocycles. The quantitative estimate of drug-likeness (QED) is 0.398. The minimum Gasteiger partial charge on any atom is -0.496 e. The number of hydrogen-bond donors (Lipinski definition) is 1. The first-order valence-corrected chi connectivity index (χ1v) is 13.3. The number of sulfonamides is 1. The Morgan fingerprint density at radius 1 is 1.00 bits per heavy atom. The molecule has 0 radical (unpaired) electrons. The van der Waals surface area contributed by atoms with Crippen LogP contribution in [-0.2, 0) is 20.2 Å². The number of benzene rings is 3. The molecule has 1 N–H and O–H groups in total. The van der Waals surface area contributed by atoms with E-state index >= 15 is 0 Å². The summed E-state index contributed by atoms with van der Waals surface area (Å²) in [7, 11) is -2.61. The van der Waals surface area contributed by atoms with Crippen molar-refractivity contribution < 1.29 is 17.9 Å². The minimum absolute atomic E-state index is 0.0281. The van der Waals surface area contributed by atoms with E-state index in [1.807, 2.05) is 63.2 Å². The van der Waals surface area contributed by atoms with E-state index in [4.69, 9.17) is 4.74 Å². The molecule has 184 valence electrons. The Morgan fingerprint density at radius 2 is 1.78 bits per heavy atom. The summed E-state index contributed by atoms with van der Waals surface area (Å²) in [6.07, 6.45) is 0.481. The first kappa shape index (κ1) is 24.0. The molecule has 1 amide bonds. The van der Waals surface area contributed by atoms with Crippen LogP contribution in [0, 0.1) is 20.8 Å². The van der Waals surface area contributed by atoms with Crippen molar-refractivity contribution in [2.75, 3.05) is 7.11 Å². The molecule has 6 nitrogen and oxygen atoms in total. The van der Waals surface area contributed by atoms with Gasteiger partial charge >= 0.3 is 0 Å². The Kier molecular flexibility index (Phi) is 5.83. The van der Waals surface area contributed by atoms with Crippen LogP contribution < -0.4 is 9.46 Å². The van der Waals surface area contributed by atoms with Crippen molar-refractivity contribution in [3.63, 3.8) is 0 Å². The fourth-order valence-corrected chi connectivity index (χ4v) is 6.44. The highest BCUT2D eigenvalue weighted by atomic mass is 32.2. The molecule has 1 aromatic heterocycles. The largest absolute Gasteiger partial charge is 0.496 e. The zero-order valence-corrected chi connectivity index (χ0v) is 21.5. The average molecular weight is 501 g/mol. The van der Waals surface area contributed by atoms with Crippen LogP contribution >= 0.6 is 0 Å². The molecule has 0 saturated heterocycles. The molecule has 1 saturated carbocycles. The minimum atomic E-state index is -4.18. The van der Waals surface area contributed by atoms with Gasteiger partial charge in [-0.05, 0) is 68.7 Å². The third-order valence-electron chi connectivity index (χ3n) is 7.11. The SMILES string of the molecule is COc1ccc(C)cc1[C@]1(C(=O)NS(=O)(=O)c2cccc3nc(C)ccc23)C[C@@H]1c1ccccc1C. The molecule has 0 aliphatic heterocycles. The number of carbonyl (C=O) groups excluding carboxylic acids is 1. The number of hydrogen-bond acceptors (Lipinski definition) is 5. The lowest BCUT2D eigenvalue weighted by Gasteiger charge is -2.22. The van der Waals surface area contributed by atoms with Gasteiger partial charge in [-0.2, -0.15) is 0 Å². The van der Waals surface area contributed by atoms with E-state index in [1.54, 1.807) is 31.4 Å². The maximum Gasteiger partial charge on any atom is 0.264 e. The van der Waals surface area contributed by atoms with Gasteiger partial charge in [0.1, 0.15) is 5.75 Å². The monoisotopic (exact) mass is 500 g/mol. The molecular weight excluding hydrogens is 472 g/mol. The summed E-state index contributed by atoms with van der Waals surface area (Å²) in [5.74, 6) is -0.174. The third kappa shape index (κ3) is 3.93. The number of ether oxygens (including phenoxy) is 1. The van der Waals surface area contributed by atoms with Crippen molar-refractivity contribution >= 4 is 26.8 Å².